The van der Waals surface area contributed by atoms with Crippen molar-refractivity contribution in [2.75, 3.05) is 12.4 Å². The molecule has 5 nitrogen and oxygen atoms in total. The van der Waals surface area contributed by atoms with Crippen LogP contribution in [0.25, 0.3) is 0 Å². The number of benzene rings is 1. The third-order valence-electron chi connectivity index (χ3n) is 2.23. The molecule has 6 heteroatoms. The number of carbonyl (C=O) groups excluding carboxylic acids is 2. The predicted molar refractivity (Wildman–Crippen MR) is 72.6 cm³/mol. The van der Waals surface area contributed by atoms with Crippen molar-refractivity contribution in [2.24, 2.45) is 0 Å². The highest BCUT2D eigenvalue weighted by Gasteiger charge is 2.15. The number of methoxy groups -OCH3 is 1. The topological polar surface area (TPSA) is 67.4 Å². The van der Waals surface area contributed by atoms with Crippen LogP contribution in [0.1, 0.15) is 13.8 Å². The van der Waals surface area contributed by atoms with Gasteiger partial charge in [-0.05, 0) is 25.1 Å². The molecule has 0 aromatic heterocycles. The van der Waals surface area contributed by atoms with Crippen LogP contribution in [-0.2, 0) is 9.59 Å². The van der Waals surface area contributed by atoms with Crippen molar-refractivity contribution in [3.8, 4) is 5.75 Å². The van der Waals surface area contributed by atoms with E-state index in [0.717, 1.165) is 4.47 Å². The molecule has 18 heavy (non-hydrogen) atoms. The lowest BCUT2D eigenvalue weighted by atomic mass is 10.2. The summed E-state index contributed by atoms with van der Waals surface area (Å²) in [5.74, 6) is 0.00188. The minimum atomic E-state index is -0.605. The number of rotatable bonds is 4. The number of hydrogen-bond acceptors (Lipinski definition) is 3. The molecule has 1 unspecified atom stereocenters. The van der Waals surface area contributed by atoms with Gasteiger partial charge in [-0.1, -0.05) is 15.9 Å². The van der Waals surface area contributed by atoms with E-state index in [4.69, 9.17) is 4.74 Å². The average Bonchev–Trinajstić information content (AvgIpc) is 2.28. The zero-order valence-corrected chi connectivity index (χ0v) is 12.0. The first kappa shape index (κ1) is 14.5. The number of carbonyl (C=O) groups is 2. The maximum absolute atomic E-state index is 11.8. The van der Waals surface area contributed by atoms with Gasteiger partial charge in [-0.15, -0.1) is 0 Å². The smallest absolute Gasteiger partial charge is 0.246 e. The van der Waals surface area contributed by atoms with Crippen LogP contribution in [0.4, 0.5) is 5.69 Å². The van der Waals surface area contributed by atoms with Crippen LogP contribution in [0.5, 0.6) is 5.75 Å². The molecule has 0 fully saturated rings. The third kappa shape index (κ3) is 4.03. The fraction of sp³-hybridized carbons (Fsp3) is 0.333. The summed E-state index contributed by atoms with van der Waals surface area (Å²) in [5.41, 5.74) is 0.550. The van der Waals surface area contributed by atoms with Crippen LogP contribution in [0.3, 0.4) is 0 Å². The second kappa shape index (κ2) is 6.39. The summed E-state index contributed by atoms with van der Waals surface area (Å²) >= 11 is 3.32. The zero-order valence-electron chi connectivity index (χ0n) is 10.4. The quantitative estimate of drug-likeness (QED) is 0.892. The van der Waals surface area contributed by atoms with Crippen molar-refractivity contribution >= 4 is 33.4 Å². The molecule has 2 amide bonds. The van der Waals surface area contributed by atoms with Crippen LogP contribution in [0, 0.1) is 0 Å². The van der Waals surface area contributed by atoms with Crippen molar-refractivity contribution in [2.45, 2.75) is 19.9 Å². The molecule has 0 spiro atoms. The molecule has 1 rings (SSSR count). The summed E-state index contributed by atoms with van der Waals surface area (Å²) in [7, 11) is 1.52. The Morgan fingerprint density at radius 3 is 2.61 bits per heavy atom. The molecule has 0 aliphatic carbocycles. The normalized spacial score (nSPS) is 11.6. The lowest BCUT2D eigenvalue weighted by molar-refractivity contribution is -0.124. The summed E-state index contributed by atoms with van der Waals surface area (Å²) < 4.78 is 5.96. The lowest BCUT2D eigenvalue weighted by Crippen LogP contribution is -2.40. The van der Waals surface area contributed by atoms with E-state index in [0.29, 0.717) is 11.4 Å². The minimum Gasteiger partial charge on any atom is -0.495 e. The second-order valence-corrected chi connectivity index (χ2v) is 4.67. The molecule has 1 aromatic carbocycles. The first-order chi connectivity index (χ1) is 8.43. The first-order valence-corrected chi connectivity index (χ1v) is 6.15. The highest BCUT2D eigenvalue weighted by atomic mass is 79.9. The fourth-order valence-corrected chi connectivity index (χ4v) is 1.75. The van der Waals surface area contributed by atoms with Crippen LogP contribution < -0.4 is 15.4 Å². The predicted octanol–water partition coefficient (Wildman–Crippen LogP) is 1.92. The van der Waals surface area contributed by atoms with E-state index in [1.54, 1.807) is 19.1 Å². The number of halogens is 1. The van der Waals surface area contributed by atoms with E-state index >= 15 is 0 Å². The Bertz CT molecular complexity index is 463. The molecule has 0 bridgehead atoms. The van der Waals surface area contributed by atoms with Crippen LogP contribution in [0.15, 0.2) is 22.7 Å². The molecule has 0 aliphatic rings. The second-order valence-electron chi connectivity index (χ2n) is 3.76. The molecule has 0 heterocycles. The van der Waals surface area contributed by atoms with Crippen molar-refractivity contribution in [1.82, 2.24) is 5.32 Å². The molecule has 0 aliphatic heterocycles. The highest BCUT2D eigenvalue weighted by molar-refractivity contribution is 9.10. The first-order valence-electron chi connectivity index (χ1n) is 5.35. The van der Waals surface area contributed by atoms with Crippen molar-refractivity contribution in [3.05, 3.63) is 22.7 Å². The van der Waals surface area contributed by atoms with Gasteiger partial charge >= 0.3 is 0 Å². The van der Waals surface area contributed by atoms with Crippen molar-refractivity contribution in [3.63, 3.8) is 0 Å². The van der Waals surface area contributed by atoms with Crippen molar-refractivity contribution in [1.29, 1.82) is 0 Å². The molecule has 0 saturated carbocycles. The summed E-state index contributed by atoms with van der Waals surface area (Å²) in [5, 5.41) is 5.21. The zero-order chi connectivity index (χ0) is 13.7. The average molecular weight is 315 g/mol. The van der Waals surface area contributed by atoms with Crippen LogP contribution in [-0.4, -0.2) is 25.0 Å². The molecule has 1 atom stereocenters. The number of amides is 2. The number of hydrogen-bond donors (Lipinski definition) is 2. The van der Waals surface area contributed by atoms with Crippen molar-refractivity contribution < 1.29 is 14.3 Å². The fourth-order valence-electron chi connectivity index (χ4n) is 1.39. The molecule has 1 aromatic rings. The monoisotopic (exact) mass is 314 g/mol. The number of anilines is 1. The van der Waals surface area contributed by atoms with Gasteiger partial charge < -0.3 is 15.4 Å². The third-order valence-corrected chi connectivity index (χ3v) is 2.73. The molecule has 0 radical (unpaired) electrons. The lowest BCUT2D eigenvalue weighted by Gasteiger charge is -2.15. The SMILES string of the molecule is COc1ccc(Br)cc1NC(=O)C(C)NC(C)=O. The van der Waals surface area contributed by atoms with E-state index < -0.39 is 6.04 Å². The van der Waals surface area contributed by atoms with E-state index in [1.165, 1.54) is 14.0 Å². The Morgan fingerprint density at radius 2 is 2.06 bits per heavy atom. The number of ether oxygens (including phenoxy) is 1. The molecule has 2 N–H and O–H groups in total. The molecular formula is C12H15BrN2O3. The Morgan fingerprint density at radius 1 is 1.39 bits per heavy atom. The van der Waals surface area contributed by atoms with Gasteiger partial charge in [-0.25, -0.2) is 0 Å². The van der Waals surface area contributed by atoms with Gasteiger partial charge in [-0.2, -0.15) is 0 Å². The Labute approximate surface area is 114 Å². The van der Waals surface area contributed by atoms with Crippen LogP contribution in [0.2, 0.25) is 0 Å². The maximum atomic E-state index is 11.8. The minimum absolute atomic E-state index is 0.251. The van der Waals surface area contributed by atoms with E-state index in [9.17, 15) is 9.59 Å². The Hall–Kier alpha value is -1.56. The standard InChI is InChI=1S/C12H15BrN2O3/c1-7(14-8(2)16)12(17)15-10-6-9(13)4-5-11(10)18-3/h4-7H,1-3H3,(H,14,16)(H,15,17). The van der Waals surface area contributed by atoms with Gasteiger partial charge in [0.2, 0.25) is 11.8 Å². The van der Waals surface area contributed by atoms with Gasteiger partial charge in [-0.3, -0.25) is 9.59 Å². The maximum Gasteiger partial charge on any atom is 0.246 e. The molecule has 0 saturated heterocycles. The van der Waals surface area contributed by atoms with E-state index in [1.807, 2.05) is 6.07 Å². The Kier molecular flexibility index (Phi) is 5.15. The van der Waals surface area contributed by atoms with Gasteiger partial charge in [0.15, 0.2) is 0 Å². The summed E-state index contributed by atoms with van der Waals surface area (Å²) in [6.45, 7) is 2.98. The summed E-state index contributed by atoms with van der Waals surface area (Å²) in [6, 6.07) is 4.68. The molecule has 98 valence electrons. The molecular weight excluding hydrogens is 300 g/mol. The van der Waals surface area contributed by atoms with Gasteiger partial charge in [0.25, 0.3) is 0 Å². The summed E-state index contributed by atoms with van der Waals surface area (Å²) in [6.07, 6.45) is 0. The van der Waals surface area contributed by atoms with Gasteiger partial charge in [0.05, 0.1) is 12.8 Å². The van der Waals surface area contributed by atoms with Crippen LogP contribution >= 0.6 is 15.9 Å². The summed E-state index contributed by atoms with van der Waals surface area (Å²) in [4.78, 5) is 22.7. The number of nitrogens with one attached hydrogen (secondary N) is 2. The van der Waals surface area contributed by atoms with Gasteiger partial charge in [0.1, 0.15) is 11.8 Å². The van der Waals surface area contributed by atoms with Gasteiger partial charge in [0, 0.05) is 11.4 Å². The van der Waals surface area contributed by atoms with E-state index in [-0.39, 0.29) is 11.8 Å². The Balaban J connectivity index is 2.80. The highest BCUT2D eigenvalue weighted by Crippen LogP contribution is 2.27. The van der Waals surface area contributed by atoms with E-state index in [2.05, 4.69) is 26.6 Å². The largest absolute Gasteiger partial charge is 0.495 e.